The van der Waals surface area contributed by atoms with Gasteiger partial charge in [-0.05, 0) is 88.3 Å². The molecule has 5 nitrogen and oxygen atoms in total. The molecule has 2 fully saturated rings. The highest BCUT2D eigenvalue weighted by molar-refractivity contribution is 5.81. The molecule has 1 heterocycles. The fourth-order valence-electron chi connectivity index (χ4n) is 5.18. The van der Waals surface area contributed by atoms with Crippen molar-refractivity contribution in [3.63, 3.8) is 0 Å². The summed E-state index contributed by atoms with van der Waals surface area (Å²) in [5.41, 5.74) is 1.24. The van der Waals surface area contributed by atoms with Crippen LogP contribution >= 0.6 is 0 Å². The number of carbonyl (C=O) groups is 1. The molecule has 0 radical (unpaired) electrons. The Kier molecular flexibility index (Phi) is 6.68. The van der Waals surface area contributed by atoms with Gasteiger partial charge in [-0.3, -0.25) is 4.79 Å². The van der Waals surface area contributed by atoms with Gasteiger partial charge < -0.3 is 14.4 Å². The highest BCUT2D eigenvalue weighted by Crippen LogP contribution is 2.50. The zero-order valence-corrected chi connectivity index (χ0v) is 20.4. The number of hydrogen-bond donors (Lipinski definition) is 1. The molecule has 2 aliphatic carbocycles. The second-order valence-electron chi connectivity index (χ2n) is 10.6. The van der Waals surface area contributed by atoms with Gasteiger partial charge in [-0.15, -0.1) is 0 Å². The number of carboxylic acids is 1. The minimum atomic E-state index is -1.03. The van der Waals surface area contributed by atoms with Crippen molar-refractivity contribution in [3.8, 4) is 0 Å². The number of benzene rings is 1. The molecule has 0 saturated heterocycles. The Hall–Kier alpha value is -2.21. The highest BCUT2D eigenvalue weighted by atomic mass is 19.1. The molecule has 0 spiro atoms. The van der Waals surface area contributed by atoms with Crippen LogP contribution in [0.4, 0.5) is 4.39 Å². The lowest BCUT2D eigenvalue weighted by Crippen LogP contribution is -2.47. The van der Waals surface area contributed by atoms with Crippen LogP contribution < -0.4 is 0 Å². The van der Waals surface area contributed by atoms with Gasteiger partial charge in [0.2, 0.25) is 0 Å². The monoisotopic (exact) mass is 456 g/mol. The summed E-state index contributed by atoms with van der Waals surface area (Å²) in [6.07, 6.45) is 5.48. The minimum Gasteiger partial charge on any atom is -0.481 e. The van der Waals surface area contributed by atoms with Gasteiger partial charge >= 0.3 is 5.97 Å². The van der Waals surface area contributed by atoms with Crippen LogP contribution in [0.15, 0.2) is 24.3 Å². The van der Waals surface area contributed by atoms with Crippen molar-refractivity contribution in [2.24, 2.45) is 11.8 Å². The second-order valence-corrected chi connectivity index (χ2v) is 10.6. The summed E-state index contributed by atoms with van der Waals surface area (Å²) in [5.74, 6) is 0.988. The molecule has 6 heteroatoms. The molecule has 0 unspecified atom stereocenters. The predicted molar refractivity (Wildman–Crippen MR) is 126 cm³/mol. The molecule has 4 rings (SSSR count). The van der Waals surface area contributed by atoms with Gasteiger partial charge in [-0.25, -0.2) is 9.37 Å². The predicted octanol–water partition coefficient (Wildman–Crippen LogP) is 5.90. The largest absolute Gasteiger partial charge is 0.481 e. The summed E-state index contributed by atoms with van der Waals surface area (Å²) in [6, 6.07) is 5.96. The Balaban J connectivity index is 1.69. The number of ether oxygens (including phenoxy) is 1. The Morgan fingerprint density at radius 3 is 2.36 bits per heavy atom. The summed E-state index contributed by atoms with van der Waals surface area (Å²) in [7, 11) is 0. The van der Waals surface area contributed by atoms with Crippen LogP contribution in [0, 0.1) is 31.5 Å². The van der Waals surface area contributed by atoms with Crippen molar-refractivity contribution in [2.45, 2.75) is 90.2 Å². The second kappa shape index (κ2) is 9.21. The zero-order chi connectivity index (χ0) is 23.8. The lowest BCUT2D eigenvalue weighted by atomic mass is 9.65. The van der Waals surface area contributed by atoms with Crippen LogP contribution in [0.5, 0.6) is 0 Å². The maximum Gasteiger partial charge on any atom is 0.314 e. The zero-order valence-electron chi connectivity index (χ0n) is 20.4. The van der Waals surface area contributed by atoms with Crippen molar-refractivity contribution < 1.29 is 19.0 Å². The Labute approximate surface area is 196 Å². The maximum absolute atomic E-state index is 13.5. The normalized spacial score (nSPS) is 25.5. The first-order valence-electron chi connectivity index (χ1n) is 12.3. The van der Waals surface area contributed by atoms with E-state index in [1.807, 2.05) is 6.92 Å². The van der Waals surface area contributed by atoms with E-state index in [4.69, 9.17) is 9.72 Å². The highest BCUT2D eigenvalue weighted by Gasteiger charge is 2.51. The van der Waals surface area contributed by atoms with E-state index in [-0.39, 0.29) is 5.82 Å². The molecule has 1 aromatic carbocycles. The number of aromatic nitrogens is 2. The van der Waals surface area contributed by atoms with Crippen molar-refractivity contribution in [3.05, 3.63) is 52.9 Å². The van der Waals surface area contributed by atoms with Crippen LogP contribution in [-0.4, -0.2) is 27.2 Å². The Morgan fingerprint density at radius 2 is 1.82 bits per heavy atom. The number of carboxylic acid groups (broad SMARTS) is 1. The van der Waals surface area contributed by atoms with Crippen LogP contribution in [0.2, 0.25) is 0 Å². The topological polar surface area (TPSA) is 64.3 Å². The van der Waals surface area contributed by atoms with Crippen molar-refractivity contribution >= 4 is 5.97 Å². The van der Waals surface area contributed by atoms with Crippen molar-refractivity contribution in [2.75, 3.05) is 6.61 Å². The number of imidazole rings is 1. The molecule has 33 heavy (non-hydrogen) atoms. The molecule has 2 saturated carbocycles. The standard InChI is InChI=1S/C27H37FN2O3/c1-18(2)11-16-33-27(24-29-19(3)20(4)30(24)17-21-5-6-21)14-12-26(13-15-27,25(31)32)22-7-9-23(28)10-8-22/h7-10,18,21H,5-6,11-17H2,1-4H3,(H,31,32). The first kappa shape index (κ1) is 23.9. The first-order valence-corrected chi connectivity index (χ1v) is 12.3. The Morgan fingerprint density at radius 1 is 1.18 bits per heavy atom. The molecule has 2 aliphatic rings. The molecule has 0 bridgehead atoms. The fourth-order valence-corrected chi connectivity index (χ4v) is 5.18. The van der Waals surface area contributed by atoms with Gasteiger partial charge in [0.1, 0.15) is 17.2 Å². The van der Waals surface area contributed by atoms with Gasteiger partial charge in [0.05, 0.1) is 11.1 Å². The van der Waals surface area contributed by atoms with E-state index in [0.717, 1.165) is 24.5 Å². The maximum atomic E-state index is 13.5. The molecule has 0 amide bonds. The lowest BCUT2D eigenvalue weighted by molar-refractivity contribution is -0.151. The third-order valence-electron chi connectivity index (χ3n) is 7.79. The summed E-state index contributed by atoms with van der Waals surface area (Å²) in [5, 5.41) is 10.3. The smallest absolute Gasteiger partial charge is 0.314 e. The van der Waals surface area contributed by atoms with E-state index < -0.39 is 17.0 Å². The van der Waals surface area contributed by atoms with Crippen LogP contribution in [0.1, 0.15) is 81.6 Å². The summed E-state index contributed by atoms with van der Waals surface area (Å²) >= 11 is 0. The van der Waals surface area contributed by atoms with E-state index in [1.165, 1.54) is 30.7 Å². The molecule has 180 valence electrons. The molecule has 2 aromatic rings. The molecular formula is C27H37FN2O3. The number of rotatable bonds is 9. The Bertz CT molecular complexity index is 984. The number of halogens is 1. The number of nitrogens with zero attached hydrogens (tertiary/aromatic N) is 2. The summed E-state index contributed by atoms with van der Waals surface area (Å²) < 4.78 is 22.6. The van der Waals surface area contributed by atoms with Crippen molar-refractivity contribution in [1.82, 2.24) is 9.55 Å². The van der Waals surface area contributed by atoms with Crippen LogP contribution in [0.25, 0.3) is 0 Å². The number of aliphatic carboxylic acids is 1. The number of hydrogen-bond acceptors (Lipinski definition) is 3. The van der Waals surface area contributed by atoms with E-state index >= 15 is 0 Å². The van der Waals surface area contributed by atoms with E-state index in [1.54, 1.807) is 12.1 Å². The lowest BCUT2D eigenvalue weighted by Gasteiger charge is -2.44. The van der Waals surface area contributed by atoms with Crippen molar-refractivity contribution in [1.29, 1.82) is 0 Å². The third-order valence-corrected chi connectivity index (χ3v) is 7.79. The average Bonchev–Trinajstić information content (AvgIpc) is 3.55. The quantitative estimate of drug-likeness (QED) is 0.510. The summed E-state index contributed by atoms with van der Waals surface area (Å²) in [4.78, 5) is 17.5. The minimum absolute atomic E-state index is 0.352. The molecule has 1 N–H and O–H groups in total. The number of aryl methyl sites for hydroxylation is 1. The molecule has 0 atom stereocenters. The van der Waals surface area contributed by atoms with E-state index in [2.05, 4.69) is 25.3 Å². The van der Waals surface area contributed by atoms with Gasteiger partial charge in [0, 0.05) is 18.8 Å². The first-order chi connectivity index (χ1) is 15.7. The van der Waals surface area contributed by atoms with E-state index in [0.29, 0.717) is 49.7 Å². The van der Waals surface area contributed by atoms with E-state index in [9.17, 15) is 14.3 Å². The third kappa shape index (κ3) is 4.72. The van der Waals surface area contributed by atoms with Crippen LogP contribution in [-0.2, 0) is 27.1 Å². The van der Waals surface area contributed by atoms with Gasteiger partial charge in [-0.2, -0.15) is 0 Å². The van der Waals surface area contributed by atoms with Gasteiger partial charge in [0.25, 0.3) is 0 Å². The van der Waals surface area contributed by atoms with Crippen LogP contribution in [0.3, 0.4) is 0 Å². The average molecular weight is 457 g/mol. The molecular weight excluding hydrogens is 419 g/mol. The van der Waals surface area contributed by atoms with Gasteiger partial charge in [0.15, 0.2) is 0 Å². The molecule has 0 aliphatic heterocycles. The SMILES string of the molecule is Cc1nc(C2(OCCC(C)C)CCC(C(=O)O)(c3ccc(F)cc3)CC2)n(CC2CC2)c1C. The van der Waals surface area contributed by atoms with Gasteiger partial charge in [-0.1, -0.05) is 26.0 Å². The fraction of sp³-hybridized carbons (Fsp3) is 0.630. The molecule has 1 aromatic heterocycles. The summed E-state index contributed by atoms with van der Waals surface area (Å²) in [6.45, 7) is 10.1.